The Kier molecular flexibility index (Phi) is 11.7. The maximum Gasteiger partial charge on any atom is 0.235 e. The van der Waals surface area contributed by atoms with Crippen LogP contribution in [-0.2, 0) is 14.4 Å². The van der Waals surface area contributed by atoms with Crippen LogP contribution in [0.2, 0.25) is 0 Å². The quantitative estimate of drug-likeness (QED) is 0.146. The van der Waals surface area contributed by atoms with E-state index >= 15 is 0 Å². The highest BCUT2D eigenvalue weighted by molar-refractivity contribution is 6.11. The number of nitrogens with one attached hydrogen (secondary N) is 2. The smallest absolute Gasteiger partial charge is 0.235 e. The molecule has 3 aromatic rings. The minimum Gasteiger partial charge on any atom is -0.493 e. The molecule has 10 nitrogen and oxygen atoms in total. The van der Waals surface area contributed by atoms with Gasteiger partial charge in [-0.3, -0.25) is 14.4 Å². The molecule has 0 radical (unpaired) electrons. The minimum absolute atomic E-state index is 0.374. The van der Waals surface area contributed by atoms with E-state index < -0.39 is 47.4 Å². The van der Waals surface area contributed by atoms with Crippen LogP contribution in [0.15, 0.2) is 66.7 Å². The van der Waals surface area contributed by atoms with Gasteiger partial charge in [0.1, 0.15) is 23.2 Å². The number of ketones is 1. The summed E-state index contributed by atoms with van der Waals surface area (Å²) < 4.78 is 23.0. The lowest BCUT2D eigenvalue weighted by Crippen LogP contribution is -2.56. The lowest BCUT2D eigenvalue weighted by atomic mass is 9.61. The third-order valence-electron chi connectivity index (χ3n) is 8.05. The number of para-hydroxylation sites is 4. The molecule has 0 saturated heterocycles. The van der Waals surface area contributed by atoms with Crippen molar-refractivity contribution in [2.45, 2.75) is 58.5 Å². The average molecular weight is 633 g/mol. The Morgan fingerprint density at radius 2 is 1.41 bits per heavy atom. The van der Waals surface area contributed by atoms with Gasteiger partial charge in [-0.1, -0.05) is 43.7 Å². The number of unbranched alkanes of at least 4 members (excludes halogenated alkanes) is 1. The first-order chi connectivity index (χ1) is 22.1. The van der Waals surface area contributed by atoms with E-state index in [4.69, 9.17) is 18.9 Å². The fourth-order valence-electron chi connectivity index (χ4n) is 5.95. The van der Waals surface area contributed by atoms with Crippen LogP contribution in [0.25, 0.3) is 0 Å². The van der Waals surface area contributed by atoms with Gasteiger partial charge in [0.05, 0.1) is 49.8 Å². The molecule has 0 spiro atoms. The summed E-state index contributed by atoms with van der Waals surface area (Å²) in [5.41, 5.74) is -0.535. The lowest BCUT2D eigenvalue weighted by Gasteiger charge is -2.44. The van der Waals surface area contributed by atoms with Gasteiger partial charge in [-0.2, -0.15) is 0 Å². The molecule has 46 heavy (non-hydrogen) atoms. The Labute approximate surface area is 270 Å². The number of ether oxygens (including phenoxy) is 4. The molecule has 4 unspecified atom stereocenters. The molecule has 1 aliphatic carbocycles. The topological polar surface area (TPSA) is 132 Å². The summed E-state index contributed by atoms with van der Waals surface area (Å²) in [6.07, 6.45) is 1.39. The van der Waals surface area contributed by atoms with Crippen molar-refractivity contribution in [2.24, 2.45) is 11.8 Å². The van der Waals surface area contributed by atoms with E-state index in [0.29, 0.717) is 59.8 Å². The standard InChI is InChI=1S/C36H44N2O8/c1-6-9-20-46-29-19-18-23(21-30(29)43-5)31-32(34(40)37-24-14-10-12-16-27(24)44-7-2)26(39)22-36(4,42)33(31)35(41)38-25-15-11-13-17-28(25)45-8-3/h10-19,21,31-33,42H,6-9,20,22H2,1-5H3,(H,37,40)(H,38,41). The fraction of sp³-hybridized carbons (Fsp3) is 0.417. The number of hydrogen-bond acceptors (Lipinski definition) is 8. The maximum absolute atomic E-state index is 14.2. The molecule has 10 heteroatoms. The highest BCUT2D eigenvalue weighted by Crippen LogP contribution is 2.48. The minimum atomic E-state index is -1.80. The van der Waals surface area contributed by atoms with Crippen LogP contribution in [0.5, 0.6) is 23.0 Å². The van der Waals surface area contributed by atoms with Gasteiger partial charge >= 0.3 is 0 Å². The van der Waals surface area contributed by atoms with Gasteiger partial charge in [0.2, 0.25) is 11.8 Å². The molecule has 3 aromatic carbocycles. The number of methoxy groups -OCH3 is 1. The van der Waals surface area contributed by atoms with Gasteiger partial charge in [0.25, 0.3) is 0 Å². The highest BCUT2D eigenvalue weighted by atomic mass is 16.5. The number of aliphatic hydroxyl groups is 1. The third-order valence-corrected chi connectivity index (χ3v) is 8.05. The molecule has 1 aliphatic rings. The van der Waals surface area contributed by atoms with Crippen molar-refractivity contribution in [1.82, 2.24) is 0 Å². The first-order valence-corrected chi connectivity index (χ1v) is 15.8. The van der Waals surface area contributed by atoms with Crippen molar-refractivity contribution in [3.8, 4) is 23.0 Å². The Morgan fingerprint density at radius 3 is 1.98 bits per heavy atom. The van der Waals surface area contributed by atoms with Crippen LogP contribution in [-0.4, -0.2) is 55.2 Å². The molecule has 0 aliphatic heterocycles. The molecule has 0 heterocycles. The number of anilines is 2. The highest BCUT2D eigenvalue weighted by Gasteiger charge is 2.56. The predicted molar refractivity (Wildman–Crippen MR) is 176 cm³/mol. The number of carbonyl (C=O) groups excluding carboxylic acids is 3. The Balaban J connectivity index is 1.81. The molecule has 246 valence electrons. The van der Waals surface area contributed by atoms with Gasteiger partial charge in [-0.15, -0.1) is 0 Å². The molecule has 4 rings (SSSR count). The van der Waals surface area contributed by atoms with Gasteiger partial charge in [0.15, 0.2) is 11.5 Å². The first-order valence-electron chi connectivity index (χ1n) is 15.8. The van der Waals surface area contributed by atoms with Gasteiger partial charge in [0, 0.05) is 12.3 Å². The predicted octanol–water partition coefficient (Wildman–Crippen LogP) is 5.99. The van der Waals surface area contributed by atoms with Crippen molar-refractivity contribution in [2.75, 3.05) is 37.6 Å². The molecule has 1 saturated carbocycles. The molecule has 0 aromatic heterocycles. The number of carbonyl (C=O) groups is 3. The van der Waals surface area contributed by atoms with E-state index in [-0.39, 0.29) is 0 Å². The molecule has 1 fully saturated rings. The summed E-state index contributed by atoms with van der Waals surface area (Å²) in [5, 5.41) is 17.5. The van der Waals surface area contributed by atoms with E-state index in [1.807, 2.05) is 13.8 Å². The van der Waals surface area contributed by atoms with Gasteiger partial charge in [-0.05, 0) is 69.2 Å². The lowest BCUT2D eigenvalue weighted by molar-refractivity contribution is -0.150. The second kappa shape index (κ2) is 15.6. The number of Topliss-reactive ketones (excluding diaryl/α,β-unsaturated/α-hetero) is 1. The molecular formula is C36H44N2O8. The second-order valence-corrected chi connectivity index (χ2v) is 11.4. The van der Waals surface area contributed by atoms with E-state index in [9.17, 15) is 19.5 Å². The second-order valence-electron chi connectivity index (χ2n) is 11.4. The van der Waals surface area contributed by atoms with E-state index in [2.05, 4.69) is 17.6 Å². The number of amides is 2. The van der Waals surface area contributed by atoms with Gasteiger partial charge in [-0.25, -0.2) is 0 Å². The zero-order chi connectivity index (χ0) is 33.3. The van der Waals surface area contributed by atoms with Gasteiger partial charge < -0.3 is 34.7 Å². The Morgan fingerprint density at radius 1 is 0.826 bits per heavy atom. The summed E-state index contributed by atoms with van der Waals surface area (Å²) in [6.45, 7) is 8.42. The number of benzene rings is 3. The maximum atomic E-state index is 14.2. The monoisotopic (exact) mass is 632 g/mol. The SMILES string of the molecule is CCCCOc1ccc(C2C(C(=O)Nc3ccccc3OCC)C(=O)CC(C)(O)C2C(=O)Nc2ccccc2OCC)cc1OC. The van der Waals surface area contributed by atoms with Crippen molar-refractivity contribution in [3.05, 3.63) is 72.3 Å². The van der Waals surface area contributed by atoms with Crippen LogP contribution in [0.1, 0.15) is 58.4 Å². The van der Waals surface area contributed by atoms with E-state index in [1.54, 1.807) is 66.7 Å². The Bertz CT molecular complexity index is 1520. The molecule has 4 atom stereocenters. The van der Waals surface area contributed by atoms with Crippen LogP contribution in [0, 0.1) is 11.8 Å². The van der Waals surface area contributed by atoms with Crippen molar-refractivity contribution < 1.29 is 38.4 Å². The number of rotatable bonds is 14. The summed E-state index contributed by atoms with van der Waals surface area (Å²) in [6, 6.07) is 19.0. The summed E-state index contributed by atoms with van der Waals surface area (Å²) >= 11 is 0. The average Bonchev–Trinajstić information content (AvgIpc) is 3.02. The molecule has 3 N–H and O–H groups in total. The summed E-state index contributed by atoms with van der Waals surface area (Å²) in [7, 11) is 1.50. The third kappa shape index (κ3) is 7.80. The zero-order valence-electron chi connectivity index (χ0n) is 27.1. The first kappa shape index (κ1) is 34.3. The molecular weight excluding hydrogens is 588 g/mol. The van der Waals surface area contributed by atoms with E-state index in [0.717, 1.165) is 12.8 Å². The largest absolute Gasteiger partial charge is 0.493 e. The summed E-state index contributed by atoms with van der Waals surface area (Å²) in [4.78, 5) is 42.2. The van der Waals surface area contributed by atoms with Crippen molar-refractivity contribution in [3.63, 3.8) is 0 Å². The van der Waals surface area contributed by atoms with Crippen LogP contribution >= 0.6 is 0 Å². The molecule has 2 amide bonds. The molecule has 0 bridgehead atoms. The Hall–Kier alpha value is -4.57. The van der Waals surface area contributed by atoms with Crippen LogP contribution in [0.3, 0.4) is 0 Å². The van der Waals surface area contributed by atoms with E-state index in [1.165, 1.54) is 14.0 Å². The fourth-order valence-corrected chi connectivity index (χ4v) is 5.95. The normalized spacial score (nSPS) is 20.8. The number of hydrogen-bond donors (Lipinski definition) is 3. The zero-order valence-corrected chi connectivity index (χ0v) is 27.1. The van der Waals surface area contributed by atoms with Crippen LogP contribution in [0.4, 0.5) is 11.4 Å². The van der Waals surface area contributed by atoms with Crippen LogP contribution < -0.4 is 29.6 Å². The van der Waals surface area contributed by atoms with Crippen molar-refractivity contribution >= 4 is 29.0 Å². The summed E-state index contributed by atoms with van der Waals surface area (Å²) in [5.74, 6) is -3.54. The van der Waals surface area contributed by atoms with Crippen molar-refractivity contribution in [1.29, 1.82) is 0 Å².